The van der Waals surface area contributed by atoms with Gasteiger partial charge in [-0.25, -0.2) is 37.9 Å². The van der Waals surface area contributed by atoms with Crippen molar-refractivity contribution >= 4 is 46.8 Å². The summed E-state index contributed by atoms with van der Waals surface area (Å²) in [6.45, 7) is 1.11. The van der Waals surface area contributed by atoms with Crippen molar-refractivity contribution in [1.29, 1.82) is 0 Å². The number of fused-ring (bicyclic) bond motifs is 2. The molecule has 0 saturated carbocycles. The van der Waals surface area contributed by atoms with Crippen molar-refractivity contribution in [3.63, 3.8) is 0 Å². The number of nitrogens with two attached hydrogens (primary N) is 1. The average molecular weight is 404 g/mol. The van der Waals surface area contributed by atoms with E-state index in [1.54, 1.807) is 0 Å². The van der Waals surface area contributed by atoms with Gasteiger partial charge in [0.25, 0.3) is 5.91 Å². The zero-order chi connectivity index (χ0) is 19.6. The van der Waals surface area contributed by atoms with Crippen molar-refractivity contribution in [3.8, 4) is 0 Å². The van der Waals surface area contributed by atoms with E-state index < -0.39 is 58.7 Å². The van der Waals surface area contributed by atoms with E-state index in [4.69, 9.17) is 15.1 Å². The van der Waals surface area contributed by atoms with Crippen LogP contribution in [-0.2, 0) is 29.3 Å². The van der Waals surface area contributed by atoms with Crippen LogP contribution < -0.4 is 10.6 Å². The van der Waals surface area contributed by atoms with E-state index in [-0.39, 0.29) is 25.4 Å². The Kier molecular flexibility index (Phi) is 7.78. The van der Waals surface area contributed by atoms with E-state index in [0.717, 1.165) is 4.90 Å². The number of sulfonamides is 1. The first-order chi connectivity index (χ1) is 12.0. The first-order valence-corrected chi connectivity index (χ1v) is 8.96. The van der Waals surface area contributed by atoms with Gasteiger partial charge in [0.2, 0.25) is 10.0 Å². The topological polar surface area (TPSA) is 169 Å². The molecular formula is C12H18FLiN4O8S. The van der Waals surface area contributed by atoms with Crippen LogP contribution >= 0.6 is 0 Å². The Morgan fingerprint density at radius 1 is 1.52 bits per heavy atom. The number of hydrogen-bond donors (Lipinski definition) is 3. The SMILES string of the molecule is CC1=C[C@@H]2CN(C(=O)N2O[C@@H](F)C(=O)O)[C@@H]1C(=O)NOCCS(N)(=O)=O.[LiH]. The molecule has 2 bridgehead atoms. The molecule has 2 rings (SSSR count). The van der Waals surface area contributed by atoms with Crippen molar-refractivity contribution in [2.24, 2.45) is 5.14 Å². The maximum absolute atomic E-state index is 13.2. The molecule has 0 aliphatic carbocycles. The molecule has 0 unspecified atom stereocenters. The van der Waals surface area contributed by atoms with Crippen molar-refractivity contribution < 1.29 is 42.0 Å². The van der Waals surface area contributed by atoms with Crippen LogP contribution in [0.1, 0.15) is 6.92 Å². The van der Waals surface area contributed by atoms with Crippen LogP contribution in [-0.4, -0.2) is 97.6 Å². The Morgan fingerprint density at radius 3 is 2.70 bits per heavy atom. The molecule has 27 heavy (non-hydrogen) atoms. The molecule has 0 aromatic rings. The number of rotatable bonds is 8. The normalized spacial score (nSPS) is 22.8. The van der Waals surface area contributed by atoms with Crippen molar-refractivity contribution in [2.45, 2.75) is 25.4 Å². The zero-order valence-corrected chi connectivity index (χ0v) is 14.3. The molecule has 148 valence electrons. The first-order valence-electron chi connectivity index (χ1n) is 7.25. The Morgan fingerprint density at radius 2 is 2.15 bits per heavy atom. The zero-order valence-electron chi connectivity index (χ0n) is 13.5. The fourth-order valence-electron chi connectivity index (χ4n) is 2.55. The Hall–Kier alpha value is -1.69. The predicted octanol–water partition coefficient (Wildman–Crippen LogP) is -2.58. The predicted molar refractivity (Wildman–Crippen MR) is 88.1 cm³/mol. The molecular weight excluding hydrogens is 386 g/mol. The summed E-state index contributed by atoms with van der Waals surface area (Å²) in [5.74, 6) is -3.18. The first kappa shape index (κ1) is 23.3. The maximum atomic E-state index is 13.2. The van der Waals surface area contributed by atoms with Gasteiger partial charge in [-0.3, -0.25) is 9.63 Å². The number of hydroxylamine groups is 3. The molecule has 2 aliphatic heterocycles. The van der Waals surface area contributed by atoms with Crippen LogP contribution in [0.15, 0.2) is 11.6 Å². The van der Waals surface area contributed by atoms with Gasteiger partial charge in [-0.15, -0.1) is 0 Å². The van der Waals surface area contributed by atoms with Gasteiger partial charge in [0.05, 0.1) is 24.9 Å². The third-order valence-corrected chi connectivity index (χ3v) is 4.34. The number of primary sulfonamides is 1. The van der Waals surface area contributed by atoms with E-state index in [1.807, 2.05) is 5.48 Å². The molecule has 15 heteroatoms. The Balaban J connectivity index is 0.00000364. The fourth-order valence-corrected chi connectivity index (χ4v) is 2.87. The second-order valence-corrected chi connectivity index (χ2v) is 7.32. The van der Waals surface area contributed by atoms with Crippen molar-refractivity contribution in [3.05, 3.63) is 11.6 Å². The molecule has 4 N–H and O–H groups in total. The van der Waals surface area contributed by atoms with Crippen LogP contribution in [0.2, 0.25) is 0 Å². The van der Waals surface area contributed by atoms with Gasteiger partial charge in [0.1, 0.15) is 6.04 Å². The fraction of sp³-hybridized carbons (Fsp3) is 0.583. The van der Waals surface area contributed by atoms with Crippen LogP contribution in [0, 0.1) is 0 Å². The monoisotopic (exact) mass is 404 g/mol. The number of hydrogen-bond acceptors (Lipinski definition) is 7. The molecule has 1 fully saturated rings. The minimum absolute atomic E-state index is 0. The van der Waals surface area contributed by atoms with E-state index in [9.17, 15) is 27.2 Å². The summed E-state index contributed by atoms with van der Waals surface area (Å²) < 4.78 is 34.8. The number of carbonyl (C=O) groups is 3. The standard InChI is InChI=1S/C12H17FN4O8S.Li.H/c1-6-4-7-5-16(12(21)17(7)25-9(13)11(19)20)8(6)10(18)15-24-2-3-26(14,22)23;;/h4,7-9H,2-3,5H2,1H3,(H,15,18)(H,19,20)(H2,14,22,23);;/t7-,8+,9-;;/m1../s1. The summed E-state index contributed by atoms with van der Waals surface area (Å²) in [5.41, 5.74) is 2.43. The van der Waals surface area contributed by atoms with E-state index >= 15 is 0 Å². The third kappa shape index (κ3) is 5.64. The van der Waals surface area contributed by atoms with Gasteiger partial charge < -0.3 is 10.0 Å². The molecule has 0 aromatic heterocycles. The van der Waals surface area contributed by atoms with Gasteiger partial charge in [-0.1, -0.05) is 6.08 Å². The molecule has 0 radical (unpaired) electrons. The number of carboxylic acid groups (broad SMARTS) is 1. The Labute approximate surface area is 165 Å². The molecule has 2 heterocycles. The third-order valence-electron chi connectivity index (χ3n) is 3.61. The van der Waals surface area contributed by atoms with Crippen LogP contribution in [0.5, 0.6) is 0 Å². The number of halogens is 1. The number of alkyl halides is 1. The number of carbonyl (C=O) groups excluding carboxylic acids is 2. The summed E-state index contributed by atoms with van der Waals surface area (Å²) in [5, 5.41) is 13.9. The van der Waals surface area contributed by atoms with E-state index in [2.05, 4.69) is 4.84 Å². The van der Waals surface area contributed by atoms with Gasteiger partial charge >= 0.3 is 37.2 Å². The summed E-state index contributed by atoms with van der Waals surface area (Å²) in [7, 11) is -3.76. The number of nitrogens with zero attached hydrogens (tertiary/aromatic N) is 2. The van der Waals surface area contributed by atoms with Crippen molar-refractivity contribution in [1.82, 2.24) is 15.4 Å². The molecule has 1 saturated heterocycles. The minimum atomic E-state index is -3.76. The number of urea groups is 1. The summed E-state index contributed by atoms with van der Waals surface area (Å²) >= 11 is 0. The van der Waals surface area contributed by atoms with Gasteiger partial charge in [-0.2, -0.15) is 5.06 Å². The molecule has 0 spiro atoms. The van der Waals surface area contributed by atoms with E-state index in [0.29, 0.717) is 10.6 Å². The number of aliphatic carboxylic acids is 1. The number of carboxylic acids is 1. The van der Waals surface area contributed by atoms with Crippen LogP contribution in [0.4, 0.5) is 9.18 Å². The quantitative estimate of drug-likeness (QED) is 0.171. The average Bonchev–Trinajstić information content (AvgIpc) is 2.75. The van der Waals surface area contributed by atoms with E-state index in [1.165, 1.54) is 13.0 Å². The molecule has 12 nitrogen and oxygen atoms in total. The number of amides is 3. The molecule has 0 aromatic carbocycles. The molecule has 3 amide bonds. The van der Waals surface area contributed by atoms with Crippen molar-refractivity contribution in [2.75, 3.05) is 18.9 Å². The second kappa shape index (κ2) is 9.00. The van der Waals surface area contributed by atoms with Crippen LogP contribution in [0.3, 0.4) is 0 Å². The van der Waals surface area contributed by atoms with Gasteiger partial charge in [-0.05, 0) is 12.5 Å². The molecule has 2 aliphatic rings. The second-order valence-electron chi connectivity index (χ2n) is 5.58. The summed E-state index contributed by atoms with van der Waals surface area (Å²) in [4.78, 5) is 45.3. The van der Waals surface area contributed by atoms with Gasteiger partial charge in [0, 0.05) is 0 Å². The Bertz CT molecular complexity index is 748. The summed E-state index contributed by atoms with van der Waals surface area (Å²) in [6.07, 6.45) is -1.27. The van der Waals surface area contributed by atoms with Crippen LogP contribution in [0.25, 0.3) is 0 Å². The molecule has 3 atom stereocenters. The van der Waals surface area contributed by atoms with Gasteiger partial charge in [0.15, 0.2) is 0 Å². The number of nitrogens with one attached hydrogen (secondary N) is 1. The summed E-state index contributed by atoms with van der Waals surface area (Å²) in [6, 6.07) is -2.76.